The predicted molar refractivity (Wildman–Crippen MR) is 65.4 cm³/mol. The summed E-state index contributed by atoms with van der Waals surface area (Å²) in [5.41, 5.74) is 0. The molecule has 0 atom stereocenters. The second-order valence-corrected chi connectivity index (χ2v) is 4.18. The summed E-state index contributed by atoms with van der Waals surface area (Å²) in [5.74, 6) is 1.52. The molecular formula is C12H10Cl2O3. The number of para-hydroxylation sites is 1. The molecule has 3 nitrogen and oxygen atoms in total. The highest BCUT2D eigenvalue weighted by molar-refractivity contribution is 6.37. The van der Waals surface area contributed by atoms with E-state index in [0.717, 1.165) is 0 Å². The van der Waals surface area contributed by atoms with Gasteiger partial charge in [0.15, 0.2) is 5.75 Å². The highest BCUT2D eigenvalue weighted by atomic mass is 35.5. The first-order chi connectivity index (χ1) is 8.20. The second kappa shape index (κ2) is 5.45. The third-order valence-corrected chi connectivity index (χ3v) is 2.75. The molecule has 0 saturated carbocycles. The van der Waals surface area contributed by atoms with Gasteiger partial charge < -0.3 is 14.3 Å². The van der Waals surface area contributed by atoms with Crippen molar-refractivity contribution in [2.24, 2.45) is 0 Å². The van der Waals surface area contributed by atoms with Crippen molar-refractivity contribution in [2.75, 3.05) is 0 Å². The van der Waals surface area contributed by atoms with Crippen LogP contribution in [0, 0.1) is 0 Å². The maximum Gasteiger partial charge on any atom is 0.157 e. The number of aliphatic hydroxyl groups is 1. The minimum Gasteiger partial charge on any atom is -0.483 e. The Bertz CT molecular complexity index is 488. The summed E-state index contributed by atoms with van der Waals surface area (Å²) in [6.45, 7) is 0.0797. The van der Waals surface area contributed by atoms with Crippen LogP contribution in [0.2, 0.25) is 10.0 Å². The van der Waals surface area contributed by atoms with Crippen LogP contribution in [0.15, 0.2) is 34.7 Å². The van der Waals surface area contributed by atoms with Gasteiger partial charge in [-0.2, -0.15) is 0 Å². The molecule has 0 amide bonds. The number of benzene rings is 1. The van der Waals surface area contributed by atoms with Gasteiger partial charge >= 0.3 is 0 Å². The van der Waals surface area contributed by atoms with Gasteiger partial charge in [0.25, 0.3) is 0 Å². The Morgan fingerprint density at radius 3 is 2.29 bits per heavy atom. The van der Waals surface area contributed by atoms with Gasteiger partial charge in [-0.05, 0) is 24.3 Å². The SMILES string of the molecule is OCc1ccc(COc2c(Cl)cccc2Cl)o1. The average molecular weight is 273 g/mol. The number of furan rings is 1. The smallest absolute Gasteiger partial charge is 0.157 e. The maximum atomic E-state index is 8.85. The Kier molecular flexibility index (Phi) is 3.94. The van der Waals surface area contributed by atoms with Gasteiger partial charge in [0.2, 0.25) is 0 Å². The summed E-state index contributed by atoms with van der Waals surface area (Å²) in [6, 6.07) is 8.56. The summed E-state index contributed by atoms with van der Waals surface area (Å²) in [5, 5.41) is 9.75. The Morgan fingerprint density at radius 1 is 1.06 bits per heavy atom. The molecule has 2 rings (SSSR count). The molecule has 1 heterocycles. The van der Waals surface area contributed by atoms with Crippen molar-refractivity contribution < 1.29 is 14.3 Å². The number of aliphatic hydroxyl groups excluding tert-OH is 1. The molecule has 5 heteroatoms. The first-order valence-corrected chi connectivity index (χ1v) is 5.71. The van der Waals surface area contributed by atoms with E-state index in [1.807, 2.05) is 0 Å². The number of ether oxygens (including phenoxy) is 1. The molecule has 0 saturated heterocycles. The van der Waals surface area contributed by atoms with Gasteiger partial charge in [-0.1, -0.05) is 29.3 Å². The Hall–Kier alpha value is -1.16. The van der Waals surface area contributed by atoms with Gasteiger partial charge in [-0.15, -0.1) is 0 Å². The summed E-state index contributed by atoms with van der Waals surface area (Å²) in [4.78, 5) is 0. The van der Waals surface area contributed by atoms with Crippen molar-refractivity contribution >= 4 is 23.2 Å². The van der Waals surface area contributed by atoms with Crippen LogP contribution in [0.1, 0.15) is 11.5 Å². The molecule has 1 N–H and O–H groups in total. The van der Waals surface area contributed by atoms with Crippen LogP contribution >= 0.6 is 23.2 Å². The average Bonchev–Trinajstić information content (AvgIpc) is 2.76. The zero-order chi connectivity index (χ0) is 12.3. The minimum atomic E-state index is -0.132. The normalized spacial score (nSPS) is 10.5. The van der Waals surface area contributed by atoms with E-state index in [0.29, 0.717) is 27.3 Å². The molecule has 1 aromatic carbocycles. The molecule has 0 radical (unpaired) electrons. The molecule has 2 aromatic rings. The van der Waals surface area contributed by atoms with E-state index >= 15 is 0 Å². The van der Waals surface area contributed by atoms with E-state index in [1.54, 1.807) is 30.3 Å². The summed E-state index contributed by atoms with van der Waals surface area (Å²) in [7, 11) is 0. The molecule has 90 valence electrons. The Balaban J connectivity index is 2.07. The summed E-state index contributed by atoms with van der Waals surface area (Å²) >= 11 is 11.9. The molecular weight excluding hydrogens is 263 g/mol. The monoisotopic (exact) mass is 272 g/mol. The fourth-order valence-electron chi connectivity index (χ4n) is 1.35. The van der Waals surface area contributed by atoms with E-state index in [4.69, 9.17) is 37.5 Å². The van der Waals surface area contributed by atoms with Crippen LogP contribution < -0.4 is 4.74 Å². The van der Waals surface area contributed by atoms with Crippen LogP contribution in [0.3, 0.4) is 0 Å². The summed E-state index contributed by atoms with van der Waals surface area (Å²) in [6.07, 6.45) is 0. The van der Waals surface area contributed by atoms with Crippen LogP contribution in [-0.2, 0) is 13.2 Å². The van der Waals surface area contributed by atoms with Gasteiger partial charge in [-0.3, -0.25) is 0 Å². The molecule has 0 fully saturated rings. The third kappa shape index (κ3) is 2.94. The van der Waals surface area contributed by atoms with Gasteiger partial charge in [-0.25, -0.2) is 0 Å². The van der Waals surface area contributed by atoms with Crippen LogP contribution in [0.4, 0.5) is 0 Å². The number of hydrogen-bond acceptors (Lipinski definition) is 3. The summed E-state index contributed by atoms with van der Waals surface area (Å²) < 4.78 is 10.7. The van der Waals surface area contributed by atoms with E-state index in [1.165, 1.54) is 0 Å². The van der Waals surface area contributed by atoms with E-state index in [-0.39, 0.29) is 13.2 Å². The van der Waals surface area contributed by atoms with Crippen LogP contribution in [0.5, 0.6) is 5.75 Å². The molecule has 1 aromatic heterocycles. The van der Waals surface area contributed by atoms with E-state index < -0.39 is 0 Å². The van der Waals surface area contributed by atoms with Crippen molar-refractivity contribution in [2.45, 2.75) is 13.2 Å². The fraction of sp³-hybridized carbons (Fsp3) is 0.167. The second-order valence-electron chi connectivity index (χ2n) is 3.37. The van der Waals surface area contributed by atoms with Crippen molar-refractivity contribution in [3.8, 4) is 5.75 Å². The number of halogens is 2. The largest absolute Gasteiger partial charge is 0.483 e. The molecule has 17 heavy (non-hydrogen) atoms. The third-order valence-electron chi connectivity index (χ3n) is 2.15. The number of hydrogen-bond donors (Lipinski definition) is 1. The van der Waals surface area contributed by atoms with Gasteiger partial charge in [0.05, 0.1) is 10.0 Å². The van der Waals surface area contributed by atoms with E-state index in [9.17, 15) is 0 Å². The first-order valence-electron chi connectivity index (χ1n) is 4.96. The quantitative estimate of drug-likeness (QED) is 0.924. The van der Waals surface area contributed by atoms with Crippen molar-refractivity contribution in [3.63, 3.8) is 0 Å². The predicted octanol–water partition coefficient (Wildman–Crippen LogP) is 3.66. The van der Waals surface area contributed by atoms with Crippen molar-refractivity contribution in [3.05, 3.63) is 51.9 Å². The molecule has 0 unspecified atom stereocenters. The number of rotatable bonds is 4. The van der Waals surface area contributed by atoms with E-state index in [2.05, 4.69) is 0 Å². The highest BCUT2D eigenvalue weighted by Gasteiger charge is 2.08. The molecule has 0 aliphatic rings. The minimum absolute atomic E-state index is 0.132. The van der Waals surface area contributed by atoms with Crippen LogP contribution in [0.25, 0.3) is 0 Å². The zero-order valence-corrected chi connectivity index (χ0v) is 10.3. The van der Waals surface area contributed by atoms with Gasteiger partial charge in [0.1, 0.15) is 24.7 Å². The standard InChI is InChI=1S/C12H10Cl2O3/c13-10-2-1-3-11(14)12(10)16-7-9-5-4-8(6-15)17-9/h1-5,15H,6-7H2. The lowest BCUT2D eigenvalue weighted by atomic mass is 10.3. The van der Waals surface area contributed by atoms with Crippen molar-refractivity contribution in [1.82, 2.24) is 0 Å². The molecule has 0 spiro atoms. The zero-order valence-electron chi connectivity index (χ0n) is 8.82. The molecule has 0 aliphatic carbocycles. The van der Waals surface area contributed by atoms with Crippen molar-refractivity contribution in [1.29, 1.82) is 0 Å². The first kappa shape index (κ1) is 12.3. The molecule has 0 bridgehead atoms. The lowest BCUT2D eigenvalue weighted by Gasteiger charge is -2.07. The highest BCUT2D eigenvalue weighted by Crippen LogP contribution is 2.32. The Morgan fingerprint density at radius 2 is 1.71 bits per heavy atom. The van der Waals surface area contributed by atoms with Crippen LogP contribution in [-0.4, -0.2) is 5.11 Å². The molecule has 0 aliphatic heterocycles. The lowest BCUT2D eigenvalue weighted by Crippen LogP contribution is -1.95. The lowest BCUT2D eigenvalue weighted by molar-refractivity contribution is 0.225. The fourth-order valence-corrected chi connectivity index (χ4v) is 1.86. The topological polar surface area (TPSA) is 42.6 Å². The maximum absolute atomic E-state index is 8.85. The van der Waals surface area contributed by atoms with Gasteiger partial charge in [0, 0.05) is 0 Å². The Labute approximate surface area is 109 Å².